The standard InChI is InChI=1S/C10H18N4O.ClH/c1-5-6-14(4)7-8-12-9(13-15-8)10(2,3)11;/h5H,1,6-7,11H2,2-4H3;1H. The SMILES string of the molecule is C=CCN(C)Cc1nc(C(C)(C)N)no1.Cl. The second kappa shape index (κ2) is 5.98. The quantitative estimate of drug-likeness (QED) is 0.794. The van der Waals surface area contributed by atoms with Gasteiger partial charge in [-0.15, -0.1) is 19.0 Å². The van der Waals surface area contributed by atoms with Gasteiger partial charge >= 0.3 is 0 Å². The Labute approximate surface area is 102 Å². The molecule has 0 atom stereocenters. The smallest absolute Gasteiger partial charge is 0.240 e. The lowest BCUT2D eigenvalue weighted by molar-refractivity contribution is 0.283. The number of aromatic nitrogens is 2. The highest BCUT2D eigenvalue weighted by molar-refractivity contribution is 5.85. The molecule has 0 bridgehead atoms. The number of hydrogen-bond donors (Lipinski definition) is 1. The van der Waals surface area contributed by atoms with Crippen molar-refractivity contribution in [3.05, 3.63) is 24.4 Å². The average molecular weight is 247 g/mol. The summed E-state index contributed by atoms with van der Waals surface area (Å²) in [6.07, 6.45) is 1.82. The Morgan fingerprint density at radius 1 is 1.56 bits per heavy atom. The van der Waals surface area contributed by atoms with Crippen LogP contribution in [0.5, 0.6) is 0 Å². The summed E-state index contributed by atoms with van der Waals surface area (Å²) in [5.74, 6) is 1.11. The number of likely N-dealkylation sites (N-methyl/N-ethyl adjacent to an activating group) is 1. The van der Waals surface area contributed by atoms with Crippen LogP contribution in [-0.4, -0.2) is 28.6 Å². The lowest BCUT2D eigenvalue weighted by atomic mass is 10.1. The lowest BCUT2D eigenvalue weighted by Gasteiger charge is -2.12. The molecule has 0 unspecified atom stereocenters. The van der Waals surface area contributed by atoms with E-state index in [0.29, 0.717) is 18.3 Å². The molecule has 5 nitrogen and oxygen atoms in total. The second-order valence-electron chi connectivity index (χ2n) is 4.22. The maximum Gasteiger partial charge on any atom is 0.240 e. The predicted molar refractivity (Wildman–Crippen MR) is 65.3 cm³/mol. The van der Waals surface area contributed by atoms with E-state index < -0.39 is 5.54 Å². The van der Waals surface area contributed by atoms with E-state index in [1.54, 1.807) is 0 Å². The van der Waals surface area contributed by atoms with Gasteiger partial charge in [0, 0.05) is 6.54 Å². The first-order valence-corrected chi connectivity index (χ1v) is 4.85. The van der Waals surface area contributed by atoms with Gasteiger partial charge in [0.25, 0.3) is 0 Å². The molecule has 2 N–H and O–H groups in total. The zero-order valence-electron chi connectivity index (χ0n) is 9.93. The molecule has 0 fully saturated rings. The van der Waals surface area contributed by atoms with E-state index in [4.69, 9.17) is 10.3 Å². The molecule has 0 saturated carbocycles. The molecule has 0 radical (unpaired) electrons. The van der Waals surface area contributed by atoms with Gasteiger partial charge in [-0.3, -0.25) is 4.90 Å². The van der Waals surface area contributed by atoms with Crippen LogP contribution in [0.1, 0.15) is 25.6 Å². The maximum absolute atomic E-state index is 5.84. The van der Waals surface area contributed by atoms with Crippen molar-refractivity contribution in [2.45, 2.75) is 25.9 Å². The number of nitrogens with zero attached hydrogens (tertiary/aromatic N) is 3. The fourth-order valence-electron chi connectivity index (χ4n) is 1.10. The summed E-state index contributed by atoms with van der Waals surface area (Å²) >= 11 is 0. The van der Waals surface area contributed by atoms with Crippen LogP contribution in [0.4, 0.5) is 0 Å². The third-order valence-electron chi connectivity index (χ3n) is 1.89. The summed E-state index contributed by atoms with van der Waals surface area (Å²) in [5, 5.41) is 3.84. The largest absolute Gasteiger partial charge is 0.338 e. The molecule has 0 aliphatic heterocycles. The van der Waals surface area contributed by atoms with Crippen LogP contribution in [0.2, 0.25) is 0 Å². The molecule has 0 spiro atoms. The van der Waals surface area contributed by atoms with E-state index in [2.05, 4.69) is 16.7 Å². The molecule has 1 aromatic heterocycles. The van der Waals surface area contributed by atoms with E-state index in [9.17, 15) is 0 Å². The zero-order valence-corrected chi connectivity index (χ0v) is 10.8. The van der Waals surface area contributed by atoms with Crippen molar-refractivity contribution >= 4 is 12.4 Å². The molecule has 1 heterocycles. The minimum absolute atomic E-state index is 0. The van der Waals surface area contributed by atoms with E-state index in [1.807, 2.05) is 31.9 Å². The van der Waals surface area contributed by atoms with Gasteiger partial charge in [-0.25, -0.2) is 0 Å². The van der Waals surface area contributed by atoms with Crippen LogP contribution < -0.4 is 5.73 Å². The first-order valence-electron chi connectivity index (χ1n) is 4.85. The first-order chi connectivity index (χ1) is 6.93. The maximum atomic E-state index is 5.84. The minimum atomic E-state index is -0.557. The average Bonchev–Trinajstić information content (AvgIpc) is 2.52. The highest BCUT2D eigenvalue weighted by Gasteiger charge is 2.21. The normalized spacial score (nSPS) is 11.3. The van der Waals surface area contributed by atoms with Crippen LogP contribution in [-0.2, 0) is 12.1 Å². The predicted octanol–water partition coefficient (Wildman–Crippen LogP) is 1.30. The van der Waals surface area contributed by atoms with Gasteiger partial charge < -0.3 is 10.3 Å². The van der Waals surface area contributed by atoms with Crippen molar-refractivity contribution in [2.75, 3.05) is 13.6 Å². The Morgan fingerprint density at radius 3 is 2.62 bits per heavy atom. The molecule has 0 amide bonds. The van der Waals surface area contributed by atoms with Crippen LogP contribution in [0.15, 0.2) is 17.2 Å². The summed E-state index contributed by atoms with van der Waals surface area (Å²) in [4.78, 5) is 6.25. The summed E-state index contributed by atoms with van der Waals surface area (Å²) in [6.45, 7) is 8.73. The molecule has 0 saturated heterocycles. The first kappa shape index (κ1) is 15.1. The summed E-state index contributed by atoms with van der Waals surface area (Å²) < 4.78 is 5.09. The number of hydrogen-bond acceptors (Lipinski definition) is 5. The van der Waals surface area contributed by atoms with Crippen molar-refractivity contribution in [1.82, 2.24) is 15.0 Å². The van der Waals surface area contributed by atoms with Crippen LogP contribution in [0, 0.1) is 0 Å². The Hall–Kier alpha value is -0.910. The van der Waals surface area contributed by atoms with Gasteiger partial charge in [0.15, 0.2) is 5.82 Å². The minimum Gasteiger partial charge on any atom is -0.338 e. The highest BCUT2D eigenvalue weighted by Crippen LogP contribution is 2.13. The van der Waals surface area contributed by atoms with Gasteiger partial charge in [0.1, 0.15) is 0 Å². The zero-order chi connectivity index (χ0) is 11.5. The van der Waals surface area contributed by atoms with E-state index in [1.165, 1.54) is 0 Å². The van der Waals surface area contributed by atoms with E-state index in [0.717, 1.165) is 6.54 Å². The molecule has 0 aliphatic carbocycles. The number of rotatable bonds is 5. The van der Waals surface area contributed by atoms with Gasteiger partial charge in [-0.1, -0.05) is 11.2 Å². The van der Waals surface area contributed by atoms with Crippen LogP contribution >= 0.6 is 12.4 Å². The van der Waals surface area contributed by atoms with Gasteiger partial charge in [0.05, 0.1) is 12.1 Å². The second-order valence-corrected chi connectivity index (χ2v) is 4.22. The topological polar surface area (TPSA) is 68.2 Å². The Morgan fingerprint density at radius 2 is 2.19 bits per heavy atom. The third kappa shape index (κ3) is 4.30. The lowest BCUT2D eigenvalue weighted by Crippen LogP contribution is -2.30. The molecular formula is C10H19ClN4O. The summed E-state index contributed by atoms with van der Waals surface area (Å²) in [7, 11) is 1.96. The Kier molecular flexibility index (Phi) is 5.64. The van der Waals surface area contributed by atoms with Crippen LogP contribution in [0.3, 0.4) is 0 Å². The Balaban J connectivity index is 0.00000225. The summed E-state index contributed by atoms with van der Waals surface area (Å²) in [5.41, 5.74) is 5.29. The molecule has 0 aromatic carbocycles. The number of halogens is 1. The monoisotopic (exact) mass is 246 g/mol. The fourth-order valence-corrected chi connectivity index (χ4v) is 1.10. The fraction of sp³-hybridized carbons (Fsp3) is 0.600. The molecule has 1 aromatic rings. The molecule has 16 heavy (non-hydrogen) atoms. The van der Waals surface area contributed by atoms with Crippen molar-refractivity contribution in [3.63, 3.8) is 0 Å². The molecule has 0 aliphatic rings. The van der Waals surface area contributed by atoms with Gasteiger partial charge in [0.2, 0.25) is 5.89 Å². The van der Waals surface area contributed by atoms with Crippen molar-refractivity contribution < 1.29 is 4.52 Å². The Bertz CT molecular complexity index is 332. The van der Waals surface area contributed by atoms with Crippen molar-refractivity contribution in [3.8, 4) is 0 Å². The van der Waals surface area contributed by atoms with Crippen LogP contribution in [0.25, 0.3) is 0 Å². The van der Waals surface area contributed by atoms with Gasteiger partial charge in [-0.2, -0.15) is 4.98 Å². The van der Waals surface area contributed by atoms with E-state index in [-0.39, 0.29) is 12.4 Å². The third-order valence-corrected chi connectivity index (χ3v) is 1.89. The molecular weight excluding hydrogens is 228 g/mol. The molecule has 6 heteroatoms. The molecule has 1 rings (SSSR count). The summed E-state index contributed by atoms with van der Waals surface area (Å²) in [6, 6.07) is 0. The van der Waals surface area contributed by atoms with Gasteiger partial charge in [-0.05, 0) is 20.9 Å². The number of nitrogens with two attached hydrogens (primary N) is 1. The molecule has 92 valence electrons. The van der Waals surface area contributed by atoms with E-state index >= 15 is 0 Å². The highest BCUT2D eigenvalue weighted by atomic mass is 35.5. The van der Waals surface area contributed by atoms with Crippen molar-refractivity contribution in [2.24, 2.45) is 5.73 Å². The van der Waals surface area contributed by atoms with Crippen molar-refractivity contribution in [1.29, 1.82) is 0 Å².